The van der Waals surface area contributed by atoms with E-state index < -0.39 is 137 Å². The number of aliphatic carboxylic acids is 1. The van der Waals surface area contributed by atoms with E-state index in [2.05, 4.69) is 0 Å². The first kappa shape index (κ1) is 65.6. The monoisotopic (exact) mass is 1150 g/mol. The fourth-order valence-corrected chi connectivity index (χ4v) is 10.3. The van der Waals surface area contributed by atoms with E-state index in [-0.39, 0.29) is 51.2 Å². The van der Waals surface area contributed by atoms with Gasteiger partial charge in [0.05, 0.1) is 13.2 Å². The summed E-state index contributed by atoms with van der Waals surface area (Å²) < 4.78 is 70.6. The van der Waals surface area contributed by atoms with Crippen molar-refractivity contribution in [1.29, 1.82) is 0 Å². The van der Waals surface area contributed by atoms with Crippen molar-refractivity contribution in [3.8, 4) is 0 Å². The number of halogens is 2. The number of likely N-dealkylation sites (N-methyl/N-ethyl adjacent to an activating group) is 4. The van der Waals surface area contributed by atoms with Crippen LogP contribution in [0, 0.1) is 17.8 Å². The quantitative estimate of drug-likeness (QED) is 0.0606. The Morgan fingerprint density at radius 2 is 1.27 bits per heavy atom. The summed E-state index contributed by atoms with van der Waals surface area (Å²) >= 11 is 0. The number of rotatable bonds is 26. The van der Waals surface area contributed by atoms with Crippen LogP contribution in [0.15, 0.2) is 42.0 Å². The third-order valence-electron chi connectivity index (χ3n) is 15.5. The highest BCUT2D eigenvalue weighted by Gasteiger charge is 2.68. The summed E-state index contributed by atoms with van der Waals surface area (Å²) in [6, 6.07) is 5.46. The largest absolute Gasteiger partial charge is 0.479 e. The highest BCUT2D eigenvalue weighted by Crippen LogP contribution is 2.54. The normalized spacial score (nSPS) is 21.2. The Labute approximate surface area is 473 Å². The van der Waals surface area contributed by atoms with Crippen molar-refractivity contribution in [3.05, 3.63) is 47.5 Å². The van der Waals surface area contributed by atoms with Crippen LogP contribution in [0.3, 0.4) is 0 Å². The lowest BCUT2D eigenvalue weighted by atomic mass is 9.92. The van der Waals surface area contributed by atoms with Crippen LogP contribution in [0.4, 0.5) is 13.6 Å². The average molecular weight is 1150 g/mol. The Kier molecular flexibility index (Phi) is 21.7. The van der Waals surface area contributed by atoms with Gasteiger partial charge in [0, 0.05) is 72.5 Å². The minimum atomic E-state index is -2.12. The van der Waals surface area contributed by atoms with Gasteiger partial charge in [-0.05, 0) is 112 Å². The van der Waals surface area contributed by atoms with E-state index in [0.717, 1.165) is 39.0 Å². The summed E-state index contributed by atoms with van der Waals surface area (Å²) in [4.78, 5) is 130. The molecule has 2 aliphatic heterocycles. The van der Waals surface area contributed by atoms with Gasteiger partial charge in [-0.2, -0.15) is 0 Å². The zero-order valence-electron chi connectivity index (χ0n) is 49.2. The minimum absolute atomic E-state index is 0.0603. The molecule has 2 saturated carbocycles. The molecule has 0 radical (unpaired) electrons. The SMILES string of the molecule is C[C@@H](OC(=O)C1(N(C)C(=O)OC(C)(C)C)CC1)C(=O)N(C)[C@@H](CC(C)(C)F)C(=O)O[C@H](CC1CCOCC1)C(=O)N(C)C1(C(=O)O)CC1[C@@H](C)C(=O)N(C)[C@@H](CC(C)(C)F)C(=O)O[C@H](CC1=CCOCC1)C(=O)OCc1ccccc1. The number of hydrogen-bond acceptors (Lipinski definition) is 16. The molecule has 1 aromatic rings. The van der Waals surface area contributed by atoms with Crippen LogP contribution in [0.1, 0.15) is 132 Å². The van der Waals surface area contributed by atoms with E-state index in [4.69, 9.17) is 33.2 Å². The Morgan fingerprint density at radius 3 is 1.78 bits per heavy atom. The van der Waals surface area contributed by atoms with Crippen LogP contribution in [-0.4, -0.2) is 191 Å². The molecule has 4 aliphatic rings. The van der Waals surface area contributed by atoms with Gasteiger partial charge in [0.25, 0.3) is 11.8 Å². The van der Waals surface area contributed by atoms with Crippen molar-refractivity contribution in [3.63, 3.8) is 0 Å². The first-order valence-electron chi connectivity index (χ1n) is 27.7. The van der Waals surface area contributed by atoms with Gasteiger partial charge in [-0.1, -0.05) is 48.9 Å². The third-order valence-corrected chi connectivity index (χ3v) is 15.5. The van der Waals surface area contributed by atoms with Crippen LogP contribution in [0.2, 0.25) is 0 Å². The maximum atomic E-state index is 15.7. The highest BCUT2D eigenvalue weighted by molar-refractivity contribution is 5.96. The van der Waals surface area contributed by atoms with Crippen molar-refractivity contribution >= 4 is 53.7 Å². The maximum absolute atomic E-state index is 15.7. The van der Waals surface area contributed by atoms with Crippen LogP contribution in [0.5, 0.6) is 0 Å². The molecule has 2 unspecified atom stereocenters. The maximum Gasteiger partial charge on any atom is 0.410 e. The van der Waals surface area contributed by atoms with Gasteiger partial charge >= 0.3 is 35.9 Å². The third kappa shape index (κ3) is 17.4. The molecule has 452 valence electrons. The smallest absolute Gasteiger partial charge is 0.410 e. The van der Waals surface area contributed by atoms with E-state index in [1.807, 2.05) is 0 Å². The number of carbonyl (C=O) groups is 9. The molecular formula is C58H84F2N4O17. The van der Waals surface area contributed by atoms with Crippen LogP contribution in [0.25, 0.3) is 0 Å². The summed E-state index contributed by atoms with van der Waals surface area (Å²) in [5.41, 5.74) is -7.13. The molecule has 23 heteroatoms. The van der Waals surface area contributed by atoms with Crippen molar-refractivity contribution < 1.29 is 90.2 Å². The van der Waals surface area contributed by atoms with Crippen molar-refractivity contribution in [2.45, 2.75) is 192 Å². The Bertz CT molecular complexity index is 2480. The fraction of sp³-hybridized carbons (Fsp3) is 0.707. The van der Waals surface area contributed by atoms with Gasteiger partial charge in [0.2, 0.25) is 12.0 Å². The summed E-state index contributed by atoms with van der Waals surface area (Å²) in [6.07, 6.45) is -3.72. The molecule has 1 aromatic carbocycles. The lowest BCUT2D eigenvalue weighted by Crippen LogP contribution is -2.55. The topological polar surface area (TPSA) is 251 Å². The van der Waals surface area contributed by atoms with Crippen LogP contribution < -0.4 is 0 Å². The van der Waals surface area contributed by atoms with Crippen LogP contribution >= 0.6 is 0 Å². The van der Waals surface area contributed by atoms with Gasteiger partial charge in [-0.15, -0.1) is 0 Å². The van der Waals surface area contributed by atoms with Crippen LogP contribution in [-0.2, 0) is 78.1 Å². The first-order chi connectivity index (χ1) is 37.6. The molecule has 2 aliphatic carbocycles. The number of carboxylic acid groups (broad SMARTS) is 1. The number of carboxylic acids is 1. The van der Waals surface area contributed by atoms with E-state index in [1.165, 1.54) is 55.9 Å². The summed E-state index contributed by atoms with van der Waals surface area (Å²) in [5.74, 6) is -11.0. The number of ether oxygens (including phenoxy) is 7. The summed E-state index contributed by atoms with van der Waals surface area (Å²) in [6.45, 7) is 13.5. The second kappa shape index (κ2) is 26.8. The van der Waals surface area contributed by atoms with Gasteiger partial charge in [-0.25, -0.2) is 37.5 Å². The lowest BCUT2D eigenvalue weighted by molar-refractivity contribution is -0.174. The molecule has 0 aromatic heterocycles. The van der Waals surface area contributed by atoms with E-state index >= 15 is 8.78 Å². The van der Waals surface area contributed by atoms with Crippen molar-refractivity contribution in [2.24, 2.45) is 17.8 Å². The average Bonchev–Trinajstić information content (AvgIpc) is 4.42. The number of carbonyl (C=O) groups excluding carboxylic acids is 8. The number of amides is 4. The molecule has 8 atom stereocenters. The Hall–Kier alpha value is -6.23. The standard InChI is InChI=1S/C58H84F2N4O17/c1-35(45(65)61(10)41(32-55(6,7)59)49(69)80-44(30-38-21-27-76-28-22-38)50(70)77-34-39-17-15-14-16-18-39)40-31-58(40,51(71)72)63(12)47(67)43(29-37-19-25-75-26-20-37)79-48(68)42(33-56(8,9)60)62(11)46(66)36(2)78-52(73)57(23-24-57)64(13)53(74)81-54(3,4)5/h14-18,21,35-37,40-44H,19-20,22-34H2,1-13H3,(H,71,72)/t35-,36-,40?,41+,42+,43-,44-,58?/m1/s1. The molecule has 0 bridgehead atoms. The Balaban J connectivity index is 1.36. The summed E-state index contributed by atoms with van der Waals surface area (Å²) in [5, 5.41) is 11.0. The Morgan fingerprint density at radius 1 is 0.716 bits per heavy atom. The number of benzene rings is 1. The predicted molar refractivity (Wildman–Crippen MR) is 287 cm³/mol. The molecule has 21 nitrogen and oxygen atoms in total. The zero-order chi connectivity index (χ0) is 60.6. The fourth-order valence-electron chi connectivity index (χ4n) is 10.3. The van der Waals surface area contributed by atoms with Gasteiger partial charge in [0.15, 0.2) is 12.2 Å². The number of hydrogen-bond donors (Lipinski definition) is 1. The van der Waals surface area contributed by atoms with Gasteiger partial charge in [-0.3, -0.25) is 19.3 Å². The molecule has 0 spiro atoms. The molecule has 2 heterocycles. The number of alkyl halides is 2. The minimum Gasteiger partial charge on any atom is -0.479 e. The molecule has 81 heavy (non-hydrogen) atoms. The summed E-state index contributed by atoms with van der Waals surface area (Å²) in [7, 11) is 4.98. The molecule has 5 rings (SSSR count). The molecular weight excluding hydrogens is 1060 g/mol. The molecule has 4 amide bonds. The highest BCUT2D eigenvalue weighted by atomic mass is 19.1. The lowest BCUT2D eigenvalue weighted by Gasteiger charge is -2.36. The molecule has 1 N–H and O–H groups in total. The zero-order valence-corrected chi connectivity index (χ0v) is 49.2. The second-order valence-corrected chi connectivity index (χ2v) is 24.2. The molecule has 3 fully saturated rings. The van der Waals surface area contributed by atoms with E-state index in [1.54, 1.807) is 57.2 Å². The van der Waals surface area contributed by atoms with Crippen molar-refractivity contribution in [2.75, 3.05) is 54.6 Å². The predicted octanol–water partition coefficient (Wildman–Crippen LogP) is 6.31. The molecule has 1 saturated heterocycles. The van der Waals surface area contributed by atoms with E-state index in [9.17, 15) is 48.3 Å². The van der Waals surface area contributed by atoms with Gasteiger partial charge in [0.1, 0.15) is 46.7 Å². The second-order valence-electron chi connectivity index (χ2n) is 24.2. The van der Waals surface area contributed by atoms with Gasteiger partial charge < -0.3 is 53.0 Å². The van der Waals surface area contributed by atoms with E-state index in [0.29, 0.717) is 44.6 Å². The number of nitrogens with zero attached hydrogens (tertiary/aromatic N) is 4. The first-order valence-corrected chi connectivity index (χ1v) is 27.7. The number of esters is 4. The van der Waals surface area contributed by atoms with Crippen molar-refractivity contribution in [1.82, 2.24) is 19.6 Å².